The molecule has 1 atom stereocenters. The lowest BCUT2D eigenvalue weighted by Crippen LogP contribution is -2.38. The molecule has 1 aromatic heterocycles. The zero-order valence-electron chi connectivity index (χ0n) is 17.8. The lowest BCUT2D eigenvalue weighted by molar-refractivity contribution is 0.224. The van der Waals surface area contributed by atoms with Gasteiger partial charge in [-0.25, -0.2) is 4.79 Å². The van der Waals surface area contributed by atoms with Gasteiger partial charge in [-0.15, -0.1) is 0 Å². The summed E-state index contributed by atoms with van der Waals surface area (Å²) in [4.78, 5) is 15.0. The first kappa shape index (κ1) is 20.9. The number of nitrogens with one attached hydrogen (secondary N) is 2. The van der Waals surface area contributed by atoms with Gasteiger partial charge < -0.3 is 10.1 Å². The minimum absolute atomic E-state index is 0.0695. The van der Waals surface area contributed by atoms with Gasteiger partial charge in [0.05, 0.1) is 19.7 Å². The van der Waals surface area contributed by atoms with Crippen molar-refractivity contribution >= 4 is 11.8 Å². The van der Waals surface area contributed by atoms with Crippen molar-refractivity contribution in [1.29, 1.82) is 0 Å². The van der Waals surface area contributed by atoms with Gasteiger partial charge in [-0.1, -0.05) is 48.5 Å². The summed E-state index contributed by atoms with van der Waals surface area (Å²) in [5, 5.41) is 10.3. The minimum atomic E-state index is -0.260. The molecule has 3 aromatic rings. The molecule has 162 valence electrons. The first-order valence-corrected chi connectivity index (χ1v) is 10.7. The summed E-state index contributed by atoms with van der Waals surface area (Å²) in [6, 6.07) is 19.7. The van der Waals surface area contributed by atoms with Crippen molar-refractivity contribution in [2.24, 2.45) is 0 Å². The van der Waals surface area contributed by atoms with E-state index in [2.05, 4.69) is 38.8 Å². The number of ether oxygens (including phenoxy) is 1. The quantitative estimate of drug-likeness (QED) is 0.581. The van der Waals surface area contributed by atoms with E-state index in [-0.39, 0.29) is 12.1 Å². The van der Waals surface area contributed by atoms with Crippen molar-refractivity contribution in [2.45, 2.75) is 25.4 Å². The van der Waals surface area contributed by atoms with Gasteiger partial charge in [-0.3, -0.25) is 14.9 Å². The summed E-state index contributed by atoms with van der Waals surface area (Å²) in [6.07, 6.45) is 4.22. The van der Waals surface area contributed by atoms with E-state index in [1.807, 2.05) is 47.3 Å². The normalized spacial score (nSPS) is 14.9. The molecule has 0 saturated carbocycles. The number of para-hydroxylation sites is 1. The van der Waals surface area contributed by atoms with Crippen LogP contribution in [0.4, 0.5) is 10.6 Å². The maximum Gasteiger partial charge on any atom is 0.320 e. The number of urea groups is 1. The highest BCUT2D eigenvalue weighted by atomic mass is 16.5. The molecule has 0 spiro atoms. The Morgan fingerprint density at radius 2 is 1.81 bits per heavy atom. The standard InChI is InChI=1S/C24H29N5O2/c1-31-22-12-6-5-11-20(22)21(28-14-7-8-15-28)17-25-24(30)26-23-13-16-29(27-23)18-19-9-3-2-4-10-19/h2-6,9-13,16,21H,7-8,14-15,17-18H2,1H3,(H2,25,26,27,30). The fourth-order valence-corrected chi connectivity index (χ4v) is 4.07. The Morgan fingerprint density at radius 1 is 1.06 bits per heavy atom. The van der Waals surface area contributed by atoms with Crippen LogP contribution in [0.3, 0.4) is 0 Å². The van der Waals surface area contributed by atoms with E-state index < -0.39 is 0 Å². The van der Waals surface area contributed by atoms with Crippen LogP contribution in [0, 0.1) is 0 Å². The second-order valence-electron chi connectivity index (χ2n) is 7.72. The number of nitrogens with zero attached hydrogens (tertiary/aromatic N) is 3. The average Bonchev–Trinajstić information content (AvgIpc) is 3.48. The number of rotatable bonds is 8. The van der Waals surface area contributed by atoms with Crippen LogP contribution in [0.5, 0.6) is 5.75 Å². The zero-order chi connectivity index (χ0) is 21.5. The average molecular weight is 420 g/mol. The van der Waals surface area contributed by atoms with Crippen LogP contribution in [-0.4, -0.2) is 47.5 Å². The van der Waals surface area contributed by atoms with E-state index in [1.54, 1.807) is 13.2 Å². The Balaban J connectivity index is 1.37. The second kappa shape index (κ2) is 10.1. The van der Waals surface area contributed by atoms with Gasteiger partial charge >= 0.3 is 6.03 Å². The second-order valence-corrected chi connectivity index (χ2v) is 7.72. The van der Waals surface area contributed by atoms with E-state index in [0.717, 1.165) is 30.0 Å². The molecule has 1 unspecified atom stereocenters. The molecule has 4 rings (SSSR count). The maximum absolute atomic E-state index is 12.6. The third-order valence-electron chi connectivity index (χ3n) is 5.60. The summed E-state index contributed by atoms with van der Waals surface area (Å²) in [5.74, 6) is 1.38. The molecule has 1 aliphatic rings. The molecule has 0 bridgehead atoms. The van der Waals surface area contributed by atoms with E-state index >= 15 is 0 Å². The number of anilines is 1. The van der Waals surface area contributed by atoms with Gasteiger partial charge in [-0.05, 0) is 37.6 Å². The van der Waals surface area contributed by atoms with Crippen molar-refractivity contribution in [2.75, 3.05) is 32.1 Å². The smallest absolute Gasteiger partial charge is 0.320 e. The summed E-state index contributed by atoms with van der Waals surface area (Å²) >= 11 is 0. The summed E-state index contributed by atoms with van der Waals surface area (Å²) in [6.45, 7) is 3.21. The molecule has 0 aliphatic carbocycles. The number of hydrogen-bond donors (Lipinski definition) is 2. The van der Waals surface area contributed by atoms with Crippen molar-refractivity contribution in [3.8, 4) is 5.75 Å². The zero-order valence-corrected chi connectivity index (χ0v) is 17.8. The number of likely N-dealkylation sites (tertiary alicyclic amines) is 1. The van der Waals surface area contributed by atoms with Crippen LogP contribution in [-0.2, 0) is 6.54 Å². The number of carbonyl (C=O) groups is 1. The lowest BCUT2D eigenvalue weighted by Gasteiger charge is -2.29. The number of hydrogen-bond acceptors (Lipinski definition) is 4. The molecular weight excluding hydrogens is 390 g/mol. The molecule has 1 saturated heterocycles. The Morgan fingerprint density at radius 3 is 2.58 bits per heavy atom. The van der Waals surface area contributed by atoms with Crippen molar-refractivity contribution in [3.05, 3.63) is 78.0 Å². The van der Waals surface area contributed by atoms with Crippen LogP contribution in [0.15, 0.2) is 66.9 Å². The highest BCUT2D eigenvalue weighted by molar-refractivity contribution is 5.88. The first-order valence-electron chi connectivity index (χ1n) is 10.7. The van der Waals surface area contributed by atoms with Crippen LogP contribution in [0.25, 0.3) is 0 Å². The fraction of sp³-hybridized carbons (Fsp3) is 0.333. The molecule has 2 heterocycles. The molecule has 1 fully saturated rings. The lowest BCUT2D eigenvalue weighted by atomic mass is 10.0. The van der Waals surface area contributed by atoms with Crippen molar-refractivity contribution < 1.29 is 9.53 Å². The van der Waals surface area contributed by atoms with Crippen LogP contribution >= 0.6 is 0 Å². The fourth-order valence-electron chi connectivity index (χ4n) is 4.07. The van der Waals surface area contributed by atoms with Gasteiger partial charge in [0, 0.05) is 24.4 Å². The Kier molecular flexibility index (Phi) is 6.84. The Labute approximate surface area is 183 Å². The van der Waals surface area contributed by atoms with Gasteiger partial charge in [0.25, 0.3) is 0 Å². The first-order chi connectivity index (χ1) is 15.2. The van der Waals surface area contributed by atoms with Crippen LogP contribution < -0.4 is 15.4 Å². The molecule has 7 nitrogen and oxygen atoms in total. The number of aromatic nitrogens is 2. The Hall–Kier alpha value is -3.32. The van der Waals surface area contributed by atoms with Gasteiger partial charge in [0.2, 0.25) is 0 Å². The molecular formula is C24H29N5O2. The Bertz CT molecular complexity index is 982. The molecule has 0 radical (unpaired) electrons. The summed E-state index contributed by atoms with van der Waals surface area (Å²) < 4.78 is 7.38. The largest absolute Gasteiger partial charge is 0.496 e. The number of methoxy groups -OCH3 is 1. The van der Waals surface area contributed by atoms with E-state index in [4.69, 9.17) is 4.74 Å². The maximum atomic E-state index is 12.6. The van der Waals surface area contributed by atoms with Gasteiger partial charge in [0.15, 0.2) is 5.82 Å². The predicted octanol–water partition coefficient (Wildman–Crippen LogP) is 3.90. The van der Waals surface area contributed by atoms with E-state index in [1.165, 1.54) is 12.8 Å². The van der Waals surface area contributed by atoms with Crippen LogP contribution in [0.1, 0.15) is 30.0 Å². The third-order valence-corrected chi connectivity index (χ3v) is 5.60. The third kappa shape index (κ3) is 5.44. The number of carbonyl (C=O) groups excluding carboxylic acids is 1. The molecule has 2 aromatic carbocycles. The molecule has 1 aliphatic heterocycles. The van der Waals surface area contributed by atoms with E-state index in [0.29, 0.717) is 18.9 Å². The monoisotopic (exact) mass is 419 g/mol. The van der Waals surface area contributed by atoms with Gasteiger partial charge in [-0.2, -0.15) is 5.10 Å². The number of amides is 2. The molecule has 2 amide bonds. The SMILES string of the molecule is COc1ccccc1C(CNC(=O)Nc1ccn(Cc2ccccc2)n1)N1CCCC1. The summed E-state index contributed by atoms with van der Waals surface area (Å²) in [7, 11) is 1.69. The van der Waals surface area contributed by atoms with Gasteiger partial charge in [0.1, 0.15) is 5.75 Å². The number of benzene rings is 2. The summed E-state index contributed by atoms with van der Waals surface area (Å²) in [5.41, 5.74) is 2.26. The van der Waals surface area contributed by atoms with E-state index in [9.17, 15) is 4.79 Å². The molecule has 7 heteroatoms. The predicted molar refractivity (Wildman–Crippen MR) is 121 cm³/mol. The highest BCUT2D eigenvalue weighted by Crippen LogP contribution is 2.31. The van der Waals surface area contributed by atoms with Crippen LogP contribution in [0.2, 0.25) is 0 Å². The van der Waals surface area contributed by atoms with Crippen molar-refractivity contribution in [1.82, 2.24) is 20.0 Å². The highest BCUT2D eigenvalue weighted by Gasteiger charge is 2.26. The molecule has 31 heavy (non-hydrogen) atoms. The molecule has 2 N–H and O–H groups in total. The topological polar surface area (TPSA) is 71.4 Å². The minimum Gasteiger partial charge on any atom is -0.496 e. The van der Waals surface area contributed by atoms with Crippen molar-refractivity contribution in [3.63, 3.8) is 0 Å².